The van der Waals surface area contributed by atoms with Crippen LogP contribution >= 0.6 is 15.9 Å². The zero-order valence-corrected chi connectivity index (χ0v) is 13.4. The van der Waals surface area contributed by atoms with Crippen LogP contribution < -0.4 is 16.0 Å². The van der Waals surface area contributed by atoms with Crippen LogP contribution in [0.15, 0.2) is 22.7 Å². The SMILES string of the molecule is COc1ccc(C(=O)N2CCCC(C(=O)NN)C2)cc1Br. The van der Waals surface area contributed by atoms with Gasteiger partial charge in [0.2, 0.25) is 5.91 Å². The Labute approximate surface area is 131 Å². The minimum absolute atomic E-state index is 0.0899. The third-order valence-corrected chi connectivity index (χ3v) is 4.24. The molecule has 3 N–H and O–H groups in total. The lowest BCUT2D eigenvalue weighted by Gasteiger charge is -2.31. The molecule has 0 radical (unpaired) electrons. The summed E-state index contributed by atoms with van der Waals surface area (Å²) in [5.41, 5.74) is 2.72. The number of hydrogen-bond donors (Lipinski definition) is 2. The smallest absolute Gasteiger partial charge is 0.253 e. The lowest BCUT2D eigenvalue weighted by atomic mass is 9.97. The average molecular weight is 356 g/mol. The lowest BCUT2D eigenvalue weighted by Crippen LogP contribution is -2.47. The Kier molecular flexibility index (Phi) is 5.19. The van der Waals surface area contributed by atoms with Crippen LogP contribution in [0.4, 0.5) is 0 Å². The number of carbonyl (C=O) groups is 2. The van der Waals surface area contributed by atoms with Gasteiger partial charge in [0.15, 0.2) is 0 Å². The minimum atomic E-state index is -0.241. The van der Waals surface area contributed by atoms with Crippen molar-refractivity contribution < 1.29 is 14.3 Å². The summed E-state index contributed by atoms with van der Waals surface area (Å²) in [5.74, 6) is 5.29. The number of hydrogen-bond acceptors (Lipinski definition) is 4. The molecular formula is C14H18BrN3O3. The molecule has 2 amide bonds. The van der Waals surface area contributed by atoms with Crippen molar-refractivity contribution in [2.45, 2.75) is 12.8 Å². The zero-order chi connectivity index (χ0) is 15.4. The van der Waals surface area contributed by atoms with Crippen molar-refractivity contribution in [1.82, 2.24) is 10.3 Å². The Morgan fingerprint density at radius 3 is 2.86 bits per heavy atom. The van der Waals surface area contributed by atoms with E-state index in [1.807, 2.05) is 0 Å². The summed E-state index contributed by atoms with van der Waals surface area (Å²) >= 11 is 3.37. The number of benzene rings is 1. The van der Waals surface area contributed by atoms with Gasteiger partial charge in [0.25, 0.3) is 5.91 Å². The van der Waals surface area contributed by atoms with Gasteiger partial charge in [0.05, 0.1) is 17.5 Å². The molecule has 1 heterocycles. The predicted octanol–water partition coefficient (Wildman–Crippen LogP) is 1.30. The third-order valence-electron chi connectivity index (χ3n) is 3.62. The van der Waals surface area contributed by atoms with Gasteiger partial charge in [-0.1, -0.05) is 0 Å². The van der Waals surface area contributed by atoms with Gasteiger partial charge in [-0.25, -0.2) is 5.84 Å². The normalized spacial score (nSPS) is 18.2. The maximum absolute atomic E-state index is 12.5. The molecule has 21 heavy (non-hydrogen) atoms. The monoisotopic (exact) mass is 355 g/mol. The number of nitrogens with one attached hydrogen (secondary N) is 1. The van der Waals surface area contributed by atoms with Crippen LogP contribution in [-0.4, -0.2) is 36.9 Å². The molecule has 1 aliphatic rings. The quantitative estimate of drug-likeness (QED) is 0.486. The van der Waals surface area contributed by atoms with Crippen molar-refractivity contribution in [3.05, 3.63) is 28.2 Å². The Bertz CT molecular complexity index is 550. The summed E-state index contributed by atoms with van der Waals surface area (Å²) < 4.78 is 5.88. The van der Waals surface area contributed by atoms with Gasteiger partial charge in [-0.3, -0.25) is 15.0 Å². The molecule has 0 spiro atoms. The summed E-state index contributed by atoms with van der Waals surface area (Å²) in [4.78, 5) is 25.8. The predicted molar refractivity (Wildman–Crippen MR) is 81.7 cm³/mol. The maximum atomic E-state index is 12.5. The van der Waals surface area contributed by atoms with Crippen LogP contribution in [0.1, 0.15) is 23.2 Å². The molecule has 1 unspecified atom stereocenters. The van der Waals surface area contributed by atoms with Gasteiger partial charge in [-0.15, -0.1) is 0 Å². The van der Waals surface area contributed by atoms with Crippen molar-refractivity contribution in [1.29, 1.82) is 0 Å². The molecule has 1 atom stereocenters. The maximum Gasteiger partial charge on any atom is 0.253 e. The van der Waals surface area contributed by atoms with E-state index in [4.69, 9.17) is 10.6 Å². The van der Waals surface area contributed by atoms with E-state index in [-0.39, 0.29) is 17.7 Å². The van der Waals surface area contributed by atoms with E-state index in [2.05, 4.69) is 21.4 Å². The first-order valence-electron chi connectivity index (χ1n) is 6.70. The molecule has 0 aromatic heterocycles. The number of halogens is 1. The summed E-state index contributed by atoms with van der Waals surface area (Å²) in [7, 11) is 1.57. The molecule has 2 rings (SSSR count). The van der Waals surface area contributed by atoms with Crippen LogP contribution in [0.3, 0.4) is 0 Å². The largest absolute Gasteiger partial charge is 0.496 e. The lowest BCUT2D eigenvalue weighted by molar-refractivity contribution is -0.126. The molecule has 7 heteroatoms. The van der Waals surface area contributed by atoms with Gasteiger partial charge < -0.3 is 9.64 Å². The Morgan fingerprint density at radius 1 is 1.48 bits per heavy atom. The van der Waals surface area contributed by atoms with Crippen molar-refractivity contribution in [2.75, 3.05) is 20.2 Å². The number of rotatable bonds is 3. The van der Waals surface area contributed by atoms with Gasteiger partial charge in [-0.05, 0) is 47.0 Å². The van der Waals surface area contributed by atoms with Crippen LogP contribution in [-0.2, 0) is 4.79 Å². The van der Waals surface area contributed by atoms with Crippen molar-refractivity contribution in [2.24, 2.45) is 11.8 Å². The van der Waals surface area contributed by atoms with Gasteiger partial charge in [0, 0.05) is 18.7 Å². The molecule has 1 aliphatic heterocycles. The highest BCUT2D eigenvalue weighted by atomic mass is 79.9. The molecule has 1 aromatic carbocycles. The zero-order valence-electron chi connectivity index (χ0n) is 11.8. The summed E-state index contributed by atoms with van der Waals surface area (Å²) in [6.45, 7) is 1.04. The van der Waals surface area contributed by atoms with E-state index in [1.54, 1.807) is 30.2 Å². The summed E-state index contributed by atoms with van der Waals surface area (Å²) in [6.07, 6.45) is 1.54. The second-order valence-electron chi connectivity index (χ2n) is 4.95. The first kappa shape index (κ1) is 15.8. The van der Waals surface area contributed by atoms with E-state index >= 15 is 0 Å². The van der Waals surface area contributed by atoms with Crippen LogP contribution in [0.5, 0.6) is 5.75 Å². The Balaban J connectivity index is 2.12. The molecule has 0 aliphatic carbocycles. The topological polar surface area (TPSA) is 84.7 Å². The van der Waals surface area contributed by atoms with Crippen LogP contribution in [0, 0.1) is 5.92 Å². The Hall–Kier alpha value is -1.60. The fraction of sp³-hybridized carbons (Fsp3) is 0.429. The molecule has 0 bridgehead atoms. The standard InChI is InChI=1S/C14H18BrN3O3/c1-21-12-5-4-9(7-11(12)15)14(20)18-6-2-3-10(8-18)13(19)17-16/h4-5,7,10H,2-3,6,8,16H2,1H3,(H,17,19). The number of nitrogens with two attached hydrogens (primary N) is 1. The van der Waals surface area contributed by atoms with E-state index in [0.29, 0.717) is 24.4 Å². The second-order valence-corrected chi connectivity index (χ2v) is 5.80. The van der Waals surface area contributed by atoms with E-state index in [1.165, 1.54) is 0 Å². The van der Waals surface area contributed by atoms with Gasteiger partial charge in [0.1, 0.15) is 5.75 Å². The van der Waals surface area contributed by atoms with E-state index in [0.717, 1.165) is 17.3 Å². The van der Waals surface area contributed by atoms with Crippen LogP contribution in [0.25, 0.3) is 0 Å². The number of hydrazine groups is 1. The molecule has 0 saturated carbocycles. The van der Waals surface area contributed by atoms with Crippen LogP contribution in [0.2, 0.25) is 0 Å². The fourth-order valence-electron chi connectivity index (χ4n) is 2.48. The second kappa shape index (κ2) is 6.91. The minimum Gasteiger partial charge on any atom is -0.496 e. The number of likely N-dealkylation sites (tertiary alicyclic amines) is 1. The number of piperidine rings is 1. The highest BCUT2D eigenvalue weighted by Crippen LogP contribution is 2.27. The van der Waals surface area contributed by atoms with Gasteiger partial charge >= 0.3 is 0 Å². The van der Waals surface area contributed by atoms with Crippen molar-refractivity contribution in [3.63, 3.8) is 0 Å². The molecule has 1 aromatic rings. The number of carbonyl (C=O) groups excluding carboxylic acids is 2. The first-order valence-corrected chi connectivity index (χ1v) is 7.49. The highest BCUT2D eigenvalue weighted by molar-refractivity contribution is 9.10. The fourth-order valence-corrected chi connectivity index (χ4v) is 3.02. The summed E-state index contributed by atoms with van der Waals surface area (Å²) in [6, 6.07) is 5.19. The Morgan fingerprint density at radius 2 is 2.24 bits per heavy atom. The number of methoxy groups -OCH3 is 1. The number of amides is 2. The number of nitrogens with zero attached hydrogens (tertiary/aromatic N) is 1. The van der Waals surface area contributed by atoms with Gasteiger partial charge in [-0.2, -0.15) is 0 Å². The molecule has 1 saturated heterocycles. The molecule has 6 nitrogen and oxygen atoms in total. The highest BCUT2D eigenvalue weighted by Gasteiger charge is 2.28. The summed E-state index contributed by atoms with van der Waals surface area (Å²) in [5, 5.41) is 0. The molecule has 1 fully saturated rings. The number of ether oxygens (including phenoxy) is 1. The third kappa shape index (κ3) is 3.54. The van der Waals surface area contributed by atoms with E-state index in [9.17, 15) is 9.59 Å². The average Bonchev–Trinajstić information content (AvgIpc) is 2.53. The van der Waals surface area contributed by atoms with Crippen molar-refractivity contribution >= 4 is 27.7 Å². The molecular weight excluding hydrogens is 338 g/mol. The van der Waals surface area contributed by atoms with Crippen molar-refractivity contribution in [3.8, 4) is 5.75 Å². The first-order chi connectivity index (χ1) is 10.1. The van der Waals surface area contributed by atoms with E-state index < -0.39 is 0 Å². The molecule has 114 valence electrons.